The van der Waals surface area contributed by atoms with E-state index in [9.17, 15) is 65.9 Å². The second-order valence-corrected chi connectivity index (χ2v) is 9.09. The minimum absolute atomic E-state index is 0.0272. The average Bonchev–Trinajstić information content (AvgIpc) is 3.04. The van der Waals surface area contributed by atoms with Crippen molar-refractivity contribution in [1.29, 1.82) is 0 Å². The maximum atomic E-state index is 13.7. The number of rotatable bonds is 11. The molecule has 0 fully saturated rings. The van der Waals surface area contributed by atoms with Gasteiger partial charge in [-0.05, 0) is 52.2 Å². The molecule has 0 saturated heterocycles. The number of aryl methyl sites for hydroxylation is 1. The van der Waals surface area contributed by atoms with Crippen molar-refractivity contribution in [2.24, 2.45) is 0 Å². The lowest BCUT2D eigenvalue weighted by Gasteiger charge is -2.41. The molecular weight excluding hydrogens is 589 g/mol. The van der Waals surface area contributed by atoms with Gasteiger partial charge < -0.3 is 0 Å². The highest BCUT2D eigenvalue weighted by molar-refractivity contribution is 9.11. The van der Waals surface area contributed by atoms with Crippen LogP contribution in [0.4, 0.5) is 65.9 Å². The van der Waals surface area contributed by atoms with E-state index >= 15 is 0 Å². The van der Waals surface area contributed by atoms with E-state index < -0.39 is 54.6 Å². The Balaban J connectivity index is 3.04. The summed E-state index contributed by atoms with van der Waals surface area (Å²) in [6.07, 6.45) is -11.0. The second-order valence-electron chi connectivity index (χ2n) is 6.85. The summed E-state index contributed by atoms with van der Waals surface area (Å²) < 4.78 is 197. The number of hydrogen-bond donors (Lipinski definition) is 0. The van der Waals surface area contributed by atoms with Gasteiger partial charge in [0.05, 0.1) is 3.79 Å². The van der Waals surface area contributed by atoms with Gasteiger partial charge in [-0.25, -0.2) is 0 Å². The molecule has 0 aliphatic carbocycles. The Hall–Kier alpha value is -0.870. The third-order valence-corrected chi connectivity index (χ3v) is 6.33. The summed E-state index contributed by atoms with van der Waals surface area (Å²) in [7, 11) is 0. The fourth-order valence-electron chi connectivity index (χ4n) is 2.49. The highest BCUT2D eigenvalue weighted by Gasteiger charge is 2.93. The summed E-state index contributed by atoms with van der Waals surface area (Å²) >= 11 is 4.38. The number of thiophene rings is 1. The van der Waals surface area contributed by atoms with Crippen molar-refractivity contribution in [3.8, 4) is 0 Å². The van der Waals surface area contributed by atoms with Crippen LogP contribution in [0.15, 0.2) is 15.2 Å². The van der Waals surface area contributed by atoms with Crippen LogP contribution in [0.5, 0.6) is 0 Å². The van der Waals surface area contributed by atoms with Crippen LogP contribution >= 0.6 is 27.3 Å². The van der Waals surface area contributed by atoms with Crippen LogP contribution in [0.3, 0.4) is 0 Å². The first-order valence-electron chi connectivity index (χ1n) is 8.54. The lowest BCUT2D eigenvalue weighted by atomic mass is 9.89. The molecule has 0 spiro atoms. The minimum atomic E-state index is -8.23. The van der Waals surface area contributed by atoms with Crippen molar-refractivity contribution in [3.05, 3.63) is 20.8 Å². The maximum absolute atomic E-state index is 13.7. The Labute approximate surface area is 188 Å². The van der Waals surface area contributed by atoms with Gasteiger partial charge in [-0.3, -0.25) is 0 Å². The van der Waals surface area contributed by atoms with Crippen LogP contribution in [0.25, 0.3) is 0 Å². The van der Waals surface area contributed by atoms with E-state index in [2.05, 4.69) is 15.9 Å². The first kappa shape index (κ1) is 30.2. The minimum Gasteiger partial charge on any atom is -0.200 e. The fourth-order valence-corrected chi connectivity index (χ4v) is 3.82. The van der Waals surface area contributed by atoms with E-state index in [1.807, 2.05) is 0 Å². The first-order valence-corrected chi connectivity index (χ1v) is 10.2. The monoisotopic (exact) mass is 600 g/mol. The zero-order chi connectivity index (χ0) is 26.3. The molecule has 0 bridgehead atoms. The third kappa shape index (κ3) is 5.08. The van der Waals surface area contributed by atoms with E-state index in [0.717, 1.165) is 0 Å². The molecule has 0 saturated carbocycles. The van der Waals surface area contributed by atoms with Gasteiger partial charge >= 0.3 is 41.7 Å². The third-order valence-electron chi connectivity index (χ3n) is 4.52. The normalized spacial score (nSPS) is 15.3. The Morgan fingerprint density at radius 2 is 1.06 bits per heavy atom. The zero-order valence-electron chi connectivity index (χ0n) is 15.6. The van der Waals surface area contributed by atoms with Crippen molar-refractivity contribution < 1.29 is 65.9 Å². The average molecular weight is 601 g/mol. The molecule has 0 aliphatic rings. The van der Waals surface area contributed by atoms with Gasteiger partial charge in [-0.15, -0.1) is 11.3 Å². The molecular formula is C16H12BrF15S. The Morgan fingerprint density at radius 3 is 1.48 bits per heavy atom. The molecule has 0 amide bonds. The molecule has 0 atom stereocenters. The summed E-state index contributed by atoms with van der Waals surface area (Å²) in [5.41, 5.74) is 0.677. The van der Waals surface area contributed by atoms with E-state index in [0.29, 0.717) is 9.35 Å². The van der Waals surface area contributed by atoms with Gasteiger partial charge in [-0.2, -0.15) is 65.9 Å². The topological polar surface area (TPSA) is 0 Å². The predicted molar refractivity (Wildman–Crippen MR) is 89.9 cm³/mol. The van der Waals surface area contributed by atoms with Gasteiger partial charge in [0, 0.05) is 6.42 Å². The van der Waals surface area contributed by atoms with Crippen molar-refractivity contribution in [2.75, 3.05) is 0 Å². The molecule has 0 aliphatic heterocycles. The van der Waals surface area contributed by atoms with Gasteiger partial charge in [0.15, 0.2) is 0 Å². The molecule has 0 aromatic carbocycles. The molecule has 0 N–H and O–H groups in total. The highest BCUT2D eigenvalue weighted by atomic mass is 79.9. The van der Waals surface area contributed by atoms with Gasteiger partial charge in [0.1, 0.15) is 0 Å². The summed E-state index contributed by atoms with van der Waals surface area (Å²) in [5, 5.41) is 1.63. The lowest BCUT2D eigenvalue weighted by molar-refractivity contribution is -0.452. The summed E-state index contributed by atoms with van der Waals surface area (Å²) in [4.78, 5) is 0. The maximum Gasteiger partial charge on any atom is 0.460 e. The molecule has 0 nitrogen and oxygen atoms in total. The highest BCUT2D eigenvalue weighted by Crippen LogP contribution is 2.62. The van der Waals surface area contributed by atoms with Gasteiger partial charge in [0.2, 0.25) is 0 Å². The number of hydrogen-bond acceptors (Lipinski definition) is 1. The zero-order valence-corrected chi connectivity index (χ0v) is 18.0. The molecule has 1 rings (SSSR count). The number of halogens is 16. The SMILES string of the molecule is FC(F)(F)C(F)(F)C(F)(F)C(F)(F)C(F)(F)C(F)(F)C(F)(F)CCCCCc1ccsc1Br. The molecule has 1 aromatic rings. The molecule has 1 aromatic heterocycles. The quantitative estimate of drug-likeness (QED) is 0.176. The largest absolute Gasteiger partial charge is 0.460 e. The van der Waals surface area contributed by atoms with E-state index in [1.165, 1.54) is 11.3 Å². The van der Waals surface area contributed by atoms with Crippen LogP contribution in [0, 0.1) is 0 Å². The van der Waals surface area contributed by atoms with E-state index in [1.54, 1.807) is 11.4 Å². The molecule has 0 radical (unpaired) electrons. The van der Waals surface area contributed by atoms with Crippen molar-refractivity contribution in [1.82, 2.24) is 0 Å². The predicted octanol–water partition coefficient (Wildman–Crippen LogP) is 8.99. The fraction of sp³-hybridized carbons (Fsp3) is 0.750. The van der Waals surface area contributed by atoms with Crippen molar-refractivity contribution in [2.45, 2.75) is 73.8 Å². The first-order chi connectivity index (χ1) is 14.5. The molecule has 194 valence electrons. The van der Waals surface area contributed by atoms with Gasteiger partial charge in [0.25, 0.3) is 0 Å². The van der Waals surface area contributed by atoms with Crippen LogP contribution in [-0.2, 0) is 6.42 Å². The molecule has 33 heavy (non-hydrogen) atoms. The smallest absolute Gasteiger partial charge is 0.200 e. The molecule has 0 unspecified atom stereocenters. The Morgan fingerprint density at radius 1 is 0.606 bits per heavy atom. The molecule has 17 heteroatoms. The lowest BCUT2D eigenvalue weighted by Crippen LogP contribution is -2.72. The Bertz CT molecular complexity index is 796. The molecule has 1 heterocycles. The van der Waals surface area contributed by atoms with E-state index in [-0.39, 0.29) is 19.3 Å². The standard InChI is InChI=1S/C16H12BrF15S/c17-9-8(5-7-33-9)4-2-1-3-6-10(18,19)11(20,21)12(22,23)13(24,25)14(26,27)15(28,29)16(30,31)32/h5,7H,1-4,6H2. The van der Waals surface area contributed by atoms with Crippen LogP contribution in [0.2, 0.25) is 0 Å². The van der Waals surface area contributed by atoms with Crippen molar-refractivity contribution in [3.63, 3.8) is 0 Å². The summed E-state index contributed by atoms with van der Waals surface area (Å²) in [5.74, 6) is -45.9. The number of alkyl halides is 15. The second kappa shape index (κ2) is 9.30. The van der Waals surface area contributed by atoms with Gasteiger partial charge in [-0.1, -0.05) is 6.42 Å². The van der Waals surface area contributed by atoms with Crippen LogP contribution in [0.1, 0.15) is 31.2 Å². The van der Waals surface area contributed by atoms with Crippen molar-refractivity contribution >= 4 is 27.3 Å². The van der Waals surface area contributed by atoms with Crippen LogP contribution in [-0.4, -0.2) is 41.7 Å². The van der Waals surface area contributed by atoms with E-state index in [4.69, 9.17) is 0 Å². The number of unbranched alkanes of at least 4 members (excludes halogenated alkanes) is 2. The Kier molecular flexibility index (Phi) is 8.50. The van der Waals surface area contributed by atoms with Crippen LogP contribution < -0.4 is 0 Å². The summed E-state index contributed by atoms with van der Waals surface area (Å²) in [6, 6.07) is 1.61. The summed E-state index contributed by atoms with van der Waals surface area (Å²) in [6.45, 7) is 0.